The van der Waals surface area contributed by atoms with Crippen molar-refractivity contribution >= 4 is 0 Å². The van der Waals surface area contributed by atoms with Gasteiger partial charge in [-0.1, -0.05) is 19.9 Å². The van der Waals surface area contributed by atoms with Gasteiger partial charge in [0.05, 0.1) is 20.3 Å². The zero-order valence-corrected chi connectivity index (χ0v) is 14.0. The van der Waals surface area contributed by atoms with Crippen LogP contribution in [0.25, 0.3) is 0 Å². The van der Waals surface area contributed by atoms with Crippen LogP contribution in [0.3, 0.4) is 0 Å². The van der Waals surface area contributed by atoms with Crippen molar-refractivity contribution in [2.75, 3.05) is 27.4 Å². The van der Waals surface area contributed by atoms with Crippen LogP contribution in [0.1, 0.15) is 25.8 Å². The van der Waals surface area contributed by atoms with E-state index in [-0.39, 0.29) is 5.41 Å². The van der Waals surface area contributed by atoms with Crippen LogP contribution in [0, 0.1) is 11.3 Å². The van der Waals surface area contributed by atoms with E-state index in [9.17, 15) is 0 Å². The van der Waals surface area contributed by atoms with Gasteiger partial charge in [-0.25, -0.2) is 0 Å². The molecule has 1 N–H and O–H groups in total. The SMILES string of the molecule is COc1ccc(CCN[C@@H]2[C@H]3CCO[C@H]3C2(C)C)cc1OC. The summed E-state index contributed by atoms with van der Waals surface area (Å²) in [6.45, 7) is 6.53. The van der Waals surface area contributed by atoms with Crippen molar-refractivity contribution in [3.05, 3.63) is 23.8 Å². The molecule has 2 aliphatic rings. The van der Waals surface area contributed by atoms with Gasteiger partial charge in [0, 0.05) is 24.0 Å². The van der Waals surface area contributed by atoms with Crippen molar-refractivity contribution in [2.45, 2.75) is 38.8 Å². The quantitative estimate of drug-likeness (QED) is 0.877. The summed E-state index contributed by atoms with van der Waals surface area (Å²) in [7, 11) is 3.34. The predicted molar refractivity (Wildman–Crippen MR) is 86.7 cm³/mol. The molecule has 2 fully saturated rings. The lowest BCUT2D eigenvalue weighted by Crippen LogP contribution is -2.66. The lowest BCUT2D eigenvalue weighted by molar-refractivity contribution is -0.112. The van der Waals surface area contributed by atoms with Gasteiger partial charge in [0.25, 0.3) is 0 Å². The van der Waals surface area contributed by atoms with E-state index in [0.29, 0.717) is 18.1 Å². The van der Waals surface area contributed by atoms with Crippen molar-refractivity contribution in [1.29, 1.82) is 0 Å². The fraction of sp³-hybridized carbons (Fsp3) is 0.667. The lowest BCUT2D eigenvalue weighted by atomic mass is 9.57. The van der Waals surface area contributed by atoms with E-state index < -0.39 is 0 Å². The Kier molecular flexibility index (Phi) is 4.33. The molecule has 0 bridgehead atoms. The van der Waals surface area contributed by atoms with E-state index in [1.165, 1.54) is 12.0 Å². The van der Waals surface area contributed by atoms with Gasteiger partial charge in [0.1, 0.15) is 0 Å². The smallest absolute Gasteiger partial charge is 0.160 e. The van der Waals surface area contributed by atoms with Gasteiger partial charge in [-0.2, -0.15) is 0 Å². The van der Waals surface area contributed by atoms with Crippen molar-refractivity contribution < 1.29 is 14.2 Å². The summed E-state index contributed by atoms with van der Waals surface area (Å²) in [6.07, 6.45) is 2.64. The minimum absolute atomic E-state index is 0.249. The van der Waals surface area contributed by atoms with E-state index in [1.807, 2.05) is 6.07 Å². The average Bonchev–Trinajstić information content (AvgIpc) is 2.98. The molecule has 1 heterocycles. The predicted octanol–water partition coefficient (Wildman–Crippen LogP) is 2.65. The lowest BCUT2D eigenvalue weighted by Gasteiger charge is -2.55. The molecule has 4 heteroatoms. The molecule has 4 nitrogen and oxygen atoms in total. The molecule has 3 rings (SSSR count). The van der Waals surface area contributed by atoms with E-state index in [0.717, 1.165) is 31.1 Å². The summed E-state index contributed by atoms with van der Waals surface area (Å²) >= 11 is 0. The number of benzene rings is 1. The summed E-state index contributed by atoms with van der Waals surface area (Å²) in [5, 5.41) is 3.74. The van der Waals surface area contributed by atoms with Gasteiger partial charge in [0.2, 0.25) is 0 Å². The fourth-order valence-corrected chi connectivity index (χ4v) is 4.15. The maximum Gasteiger partial charge on any atom is 0.160 e. The number of nitrogens with one attached hydrogen (secondary N) is 1. The second-order valence-electron chi connectivity index (χ2n) is 6.94. The molecular formula is C18H27NO3. The van der Waals surface area contributed by atoms with Gasteiger partial charge in [0.15, 0.2) is 11.5 Å². The number of ether oxygens (including phenoxy) is 3. The number of methoxy groups -OCH3 is 2. The van der Waals surface area contributed by atoms with E-state index in [2.05, 4.69) is 31.3 Å². The molecule has 1 aromatic carbocycles. The topological polar surface area (TPSA) is 39.7 Å². The summed E-state index contributed by atoms with van der Waals surface area (Å²) in [4.78, 5) is 0. The summed E-state index contributed by atoms with van der Waals surface area (Å²) < 4.78 is 16.5. The first-order valence-electron chi connectivity index (χ1n) is 8.14. The Morgan fingerprint density at radius 1 is 1.23 bits per heavy atom. The maximum atomic E-state index is 5.85. The first-order chi connectivity index (χ1) is 10.6. The monoisotopic (exact) mass is 305 g/mol. The van der Waals surface area contributed by atoms with E-state index in [1.54, 1.807) is 14.2 Å². The van der Waals surface area contributed by atoms with Crippen LogP contribution >= 0.6 is 0 Å². The number of hydrogen-bond donors (Lipinski definition) is 1. The number of hydrogen-bond acceptors (Lipinski definition) is 4. The molecule has 0 aromatic heterocycles. The molecule has 1 aliphatic carbocycles. The minimum atomic E-state index is 0.249. The Morgan fingerprint density at radius 3 is 2.73 bits per heavy atom. The fourth-order valence-electron chi connectivity index (χ4n) is 4.15. The molecule has 1 aromatic rings. The Bertz CT molecular complexity index is 529. The van der Waals surface area contributed by atoms with Gasteiger partial charge in [-0.3, -0.25) is 0 Å². The largest absolute Gasteiger partial charge is 0.493 e. The molecule has 0 amide bonds. The van der Waals surface area contributed by atoms with Crippen LogP contribution in [-0.4, -0.2) is 39.5 Å². The van der Waals surface area contributed by atoms with Gasteiger partial charge >= 0.3 is 0 Å². The van der Waals surface area contributed by atoms with Gasteiger partial charge in [-0.05, 0) is 37.1 Å². The highest BCUT2D eigenvalue weighted by atomic mass is 16.5. The molecule has 1 saturated heterocycles. The zero-order chi connectivity index (χ0) is 15.7. The van der Waals surface area contributed by atoms with Crippen molar-refractivity contribution in [2.24, 2.45) is 11.3 Å². The molecular weight excluding hydrogens is 278 g/mol. The first kappa shape index (κ1) is 15.6. The highest BCUT2D eigenvalue weighted by Gasteiger charge is 2.58. The van der Waals surface area contributed by atoms with Crippen LogP contribution in [-0.2, 0) is 11.2 Å². The minimum Gasteiger partial charge on any atom is -0.493 e. The molecule has 22 heavy (non-hydrogen) atoms. The zero-order valence-electron chi connectivity index (χ0n) is 14.0. The Balaban J connectivity index is 1.55. The third-order valence-electron chi connectivity index (χ3n) is 5.33. The van der Waals surface area contributed by atoms with Gasteiger partial charge < -0.3 is 19.5 Å². The molecule has 0 unspecified atom stereocenters. The summed E-state index contributed by atoms with van der Waals surface area (Å²) in [5.41, 5.74) is 1.51. The Hall–Kier alpha value is -1.26. The van der Waals surface area contributed by atoms with E-state index >= 15 is 0 Å². The Morgan fingerprint density at radius 2 is 2.00 bits per heavy atom. The molecule has 1 aliphatic heterocycles. The molecule has 1 saturated carbocycles. The molecule has 0 radical (unpaired) electrons. The second-order valence-corrected chi connectivity index (χ2v) is 6.94. The number of rotatable bonds is 6. The summed E-state index contributed by atoms with van der Waals surface area (Å²) in [5.74, 6) is 2.28. The van der Waals surface area contributed by atoms with Crippen LogP contribution in [0.2, 0.25) is 0 Å². The second kappa shape index (κ2) is 6.09. The van der Waals surface area contributed by atoms with E-state index in [4.69, 9.17) is 14.2 Å². The normalized spacial score (nSPS) is 28.8. The van der Waals surface area contributed by atoms with Crippen LogP contribution in [0.5, 0.6) is 11.5 Å². The van der Waals surface area contributed by atoms with Crippen LogP contribution in [0.15, 0.2) is 18.2 Å². The molecule has 3 atom stereocenters. The highest BCUT2D eigenvalue weighted by molar-refractivity contribution is 5.42. The summed E-state index contributed by atoms with van der Waals surface area (Å²) in [6, 6.07) is 6.72. The number of fused-ring (bicyclic) bond motifs is 1. The highest BCUT2D eigenvalue weighted by Crippen LogP contribution is 2.52. The third-order valence-corrected chi connectivity index (χ3v) is 5.33. The standard InChI is InChI=1S/C18H27NO3/c1-18(2)16(13-8-10-22-17(13)18)19-9-7-12-5-6-14(20-3)15(11-12)21-4/h5-6,11,13,16-17,19H,7-10H2,1-4H3/t13-,16-,17-/m1/s1. The Labute approximate surface area is 133 Å². The average molecular weight is 305 g/mol. The van der Waals surface area contributed by atoms with Crippen molar-refractivity contribution in [3.63, 3.8) is 0 Å². The first-order valence-corrected chi connectivity index (χ1v) is 8.14. The van der Waals surface area contributed by atoms with Crippen molar-refractivity contribution in [1.82, 2.24) is 5.32 Å². The van der Waals surface area contributed by atoms with Crippen LogP contribution in [0.4, 0.5) is 0 Å². The molecule has 0 spiro atoms. The molecule has 122 valence electrons. The van der Waals surface area contributed by atoms with Crippen molar-refractivity contribution in [3.8, 4) is 11.5 Å². The van der Waals surface area contributed by atoms with Gasteiger partial charge in [-0.15, -0.1) is 0 Å². The maximum absolute atomic E-state index is 5.85. The third kappa shape index (κ3) is 2.59. The van der Waals surface area contributed by atoms with Crippen LogP contribution < -0.4 is 14.8 Å².